The zero-order chi connectivity index (χ0) is 8.97. The summed E-state index contributed by atoms with van der Waals surface area (Å²) in [4.78, 5) is 0. The van der Waals surface area contributed by atoms with Crippen LogP contribution in [0.5, 0.6) is 0 Å². The lowest BCUT2D eigenvalue weighted by Crippen LogP contribution is -2.38. The van der Waals surface area contributed by atoms with Gasteiger partial charge in [0.25, 0.3) is 0 Å². The van der Waals surface area contributed by atoms with E-state index >= 15 is 0 Å². The van der Waals surface area contributed by atoms with Crippen molar-refractivity contribution in [3.63, 3.8) is 0 Å². The highest BCUT2D eigenvalue weighted by atomic mass is 16.5. The van der Waals surface area contributed by atoms with Gasteiger partial charge in [-0.05, 0) is 19.4 Å². The number of rotatable bonds is 4. The van der Waals surface area contributed by atoms with Crippen LogP contribution >= 0.6 is 0 Å². The fraction of sp³-hybridized carbons (Fsp3) is 1.00. The summed E-state index contributed by atoms with van der Waals surface area (Å²) in [5.74, 6) is 0. The molecule has 1 aliphatic rings. The summed E-state index contributed by atoms with van der Waals surface area (Å²) < 4.78 is 4.65. The van der Waals surface area contributed by atoms with Gasteiger partial charge in [0.05, 0.1) is 6.10 Å². The first-order valence-electron chi connectivity index (χ1n) is 4.36. The minimum Gasteiger partial charge on any atom is -0.427 e. The summed E-state index contributed by atoms with van der Waals surface area (Å²) in [6.45, 7) is 0.963. The van der Waals surface area contributed by atoms with Crippen molar-refractivity contribution in [2.75, 3.05) is 13.7 Å². The molecule has 12 heavy (non-hydrogen) atoms. The van der Waals surface area contributed by atoms with Crippen molar-refractivity contribution in [1.82, 2.24) is 5.32 Å². The van der Waals surface area contributed by atoms with Crippen LogP contribution in [0.2, 0.25) is 6.32 Å². The Morgan fingerprint density at radius 2 is 2.50 bits per heavy atom. The molecule has 0 saturated carbocycles. The van der Waals surface area contributed by atoms with Gasteiger partial charge >= 0.3 is 7.12 Å². The van der Waals surface area contributed by atoms with E-state index in [9.17, 15) is 5.11 Å². The molecule has 0 aromatic carbocycles. The van der Waals surface area contributed by atoms with E-state index in [-0.39, 0.29) is 12.4 Å². The minimum absolute atomic E-state index is 0.134. The molecular formula is C7H16BNO3. The average molecular weight is 173 g/mol. The van der Waals surface area contributed by atoms with Gasteiger partial charge in [-0.1, -0.05) is 0 Å². The summed E-state index contributed by atoms with van der Waals surface area (Å²) in [6, 6.07) is 0.134. The molecule has 0 bridgehead atoms. The molecule has 5 heteroatoms. The normalized spacial score (nSPS) is 25.8. The third kappa shape index (κ3) is 2.75. The Morgan fingerprint density at radius 3 is 3.00 bits per heavy atom. The molecule has 0 aromatic rings. The number of hydrogen-bond donors (Lipinski definition) is 3. The molecule has 3 N–H and O–H groups in total. The summed E-state index contributed by atoms with van der Waals surface area (Å²) >= 11 is 0. The molecule has 1 saturated heterocycles. The second kappa shape index (κ2) is 4.82. The Morgan fingerprint density at radius 1 is 1.75 bits per heavy atom. The molecule has 1 unspecified atom stereocenters. The van der Waals surface area contributed by atoms with Crippen LogP contribution in [-0.2, 0) is 4.65 Å². The third-order valence-electron chi connectivity index (χ3n) is 2.28. The zero-order valence-corrected chi connectivity index (χ0v) is 7.36. The number of hydrogen-bond acceptors (Lipinski definition) is 4. The van der Waals surface area contributed by atoms with E-state index in [2.05, 4.69) is 9.97 Å². The van der Waals surface area contributed by atoms with E-state index in [1.54, 1.807) is 0 Å². The lowest BCUT2D eigenvalue weighted by Gasteiger charge is -2.18. The highest BCUT2D eigenvalue weighted by molar-refractivity contribution is 6.42. The van der Waals surface area contributed by atoms with Gasteiger partial charge in [-0.25, -0.2) is 0 Å². The molecule has 4 nitrogen and oxygen atoms in total. The number of aliphatic hydroxyl groups excluding tert-OH is 1. The van der Waals surface area contributed by atoms with Gasteiger partial charge in [0.1, 0.15) is 0 Å². The molecule has 0 aliphatic carbocycles. The van der Waals surface area contributed by atoms with Crippen LogP contribution in [0.1, 0.15) is 12.8 Å². The van der Waals surface area contributed by atoms with Gasteiger partial charge in [0.2, 0.25) is 0 Å². The topological polar surface area (TPSA) is 61.7 Å². The van der Waals surface area contributed by atoms with Crippen LogP contribution in [0.4, 0.5) is 0 Å². The Kier molecular flexibility index (Phi) is 4.01. The molecule has 1 heterocycles. The van der Waals surface area contributed by atoms with Crippen molar-refractivity contribution in [1.29, 1.82) is 0 Å². The molecule has 0 radical (unpaired) electrons. The second-order valence-corrected chi connectivity index (χ2v) is 3.20. The highest BCUT2D eigenvalue weighted by Gasteiger charge is 2.26. The average Bonchev–Trinajstić information content (AvgIpc) is 2.56. The highest BCUT2D eigenvalue weighted by Crippen LogP contribution is 2.12. The first-order valence-corrected chi connectivity index (χ1v) is 4.36. The van der Waals surface area contributed by atoms with Crippen molar-refractivity contribution in [2.45, 2.75) is 31.3 Å². The van der Waals surface area contributed by atoms with Crippen molar-refractivity contribution in [2.24, 2.45) is 0 Å². The molecule has 0 amide bonds. The van der Waals surface area contributed by atoms with Gasteiger partial charge in [-0.3, -0.25) is 0 Å². The van der Waals surface area contributed by atoms with Crippen LogP contribution in [0, 0.1) is 0 Å². The maximum absolute atomic E-state index is 9.55. The van der Waals surface area contributed by atoms with E-state index in [0.29, 0.717) is 0 Å². The fourth-order valence-electron chi connectivity index (χ4n) is 1.51. The Labute approximate surface area is 73.1 Å². The fourth-order valence-corrected chi connectivity index (χ4v) is 1.51. The number of nitrogens with one attached hydrogen (secondary N) is 1. The molecule has 0 aromatic heterocycles. The first-order chi connectivity index (χ1) is 5.74. The summed E-state index contributed by atoms with van der Waals surface area (Å²) in [5.41, 5.74) is 0. The predicted octanol–water partition coefficient (Wildman–Crippen LogP) is -0.774. The van der Waals surface area contributed by atoms with Crippen molar-refractivity contribution < 1.29 is 14.8 Å². The molecule has 70 valence electrons. The molecule has 1 rings (SSSR count). The van der Waals surface area contributed by atoms with E-state index in [0.717, 1.165) is 19.4 Å². The largest absolute Gasteiger partial charge is 0.456 e. The maximum atomic E-state index is 9.55. The van der Waals surface area contributed by atoms with Gasteiger partial charge in [0.15, 0.2) is 0 Å². The van der Waals surface area contributed by atoms with Crippen molar-refractivity contribution >= 4 is 7.12 Å². The molecule has 1 fully saturated rings. The summed E-state index contributed by atoms with van der Waals surface area (Å²) in [6.07, 6.45) is 1.87. The van der Waals surface area contributed by atoms with Crippen LogP contribution in [0.15, 0.2) is 0 Å². The quantitative estimate of drug-likeness (QED) is 0.488. The van der Waals surface area contributed by atoms with Crippen LogP contribution in [-0.4, -0.2) is 43.0 Å². The lowest BCUT2D eigenvalue weighted by atomic mass is 9.80. The van der Waals surface area contributed by atoms with Gasteiger partial charge in [-0.2, -0.15) is 0 Å². The molecule has 2 atom stereocenters. The van der Waals surface area contributed by atoms with E-state index < -0.39 is 13.2 Å². The standard InChI is InChI=1S/C7H16BNO3/c1-12-8(11)5-7(10)6-3-2-4-9-6/h6-7,9-11H,2-5H2,1H3/t6?,7-/m1/s1. The van der Waals surface area contributed by atoms with E-state index in [1.807, 2.05) is 0 Å². The monoisotopic (exact) mass is 173 g/mol. The van der Waals surface area contributed by atoms with E-state index in [4.69, 9.17) is 5.02 Å². The van der Waals surface area contributed by atoms with Crippen LogP contribution in [0.3, 0.4) is 0 Å². The summed E-state index contributed by atoms with van der Waals surface area (Å²) in [7, 11) is 0.585. The van der Waals surface area contributed by atoms with E-state index in [1.165, 1.54) is 7.11 Å². The second-order valence-electron chi connectivity index (χ2n) is 3.20. The molecular weight excluding hydrogens is 157 g/mol. The van der Waals surface area contributed by atoms with Gasteiger partial charge < -0.3 is 20.1 Å². The van der Waals surface area contributed by atoms with Crippen molar-refractivity contribution in [3.8, 4) is 0 Å². The van der Waals surface area contributed by atoms with Crippen LogP contribution < -0.4 is 5.32 Å². The molecule has 1 aliphatic heterocycles. The van der Waals surface area contributed by atoms with Crippen molar-refractivity contribution in [3.05, 3.63) is 0 Å². The van der Waals surface area contributed by atoms with Crippen LogP contribution in [0.25, 0.3) is 0 Å². The third-order valence-corrected chi connectivity index (χ3v) is 2.28. The lowest BCUT2D eigenvalue weighted by molar-refractivity contribution is 0.143. The summed E-state index contributed by atoms with van der Waals surface area (Å²) in [5, 5.41) is 21.8. The zero-order valence-electron chi connectivity index (χ0n) is 7.36. The Balaban J connectivity index is 2.21. The molecule has 0 spiro atoms. The Hall–Kier alpha value is -0.0951. The minimum atomic E-state index is -0.845. The number of aliphatic hydroxyl groups is 1. The predicted molar refractivity (Wildman–Crippen MR) is 46.8 cm³/mol. The smallest absolute Gasteiger partial charge is 0.427 e. The van der Waals surface area contributed by atoms with Gasteiger partial charge in [0, 0.05) is 19.5 Å². The Bertz CT molecular complexity index is 130. The van der Waals surface area contributed by atoms with Gasteiger partial charge in [-0.15, -0.1) is 0 Å². The SMILES string of the molecule is COB(O)C[C@@H](O)C1CCCN1. The maximum Gasteiger partial charge on any atom is 0.456 e. The first kappa shape index (κ1) is 9.99.